The molecule has 1 aromatic heterocycles. The second-order valence-electron chi connectivity index (χ2n) is 4.25. The molecule has 0 saturated carbocycles. The van der Waals surface area contributed by atoms with E-state index in [-0.39, 0.29) is 6.54 Å². The van der Waals surface area contributed by atoms with E-state index in [0.29, 0.717) is 16.4 Å². The molecule has 1 heterocycles. The van der Waals surface area contributed by atoms with Gasteiger partial charge in [0.05, 0.1) is 13.2 Å². The van der Waals surface area contributed by atoms with Crippen LogP contribution >= 0.6 is 11.3 Å². The minimum absolute atomic E-state index is 0.0932. The van der Waals surface area contributed by atoms with Crippen molar-refractivity contribution in [1.29, 1.82) is 0 Å². The molecule has 0 saturated heterocycles. The van der Waals surface area contributed by atoms with E-state index in [1.54, 1.807) is 38.3 Å². The number of hydrogen-bond acceptors (Lipinski definition) is 6. The summed E-state index contributed by atoms with van der Waals surface area (Å²) in [5, 5.41) is 23.9. The molecule has 8 heteroatoms. The number of nitrogens with one attached hydrogen (secondary N) is 2. The number of carbonyl (C=O) groups excluding carboxylic acids is 1. The van der Waals surface area contributed by atoms with Crippen molar-refractivity contribution in [2.45, 2.75) is 13.0 Å². The first-order valence-corrected chi connectivity index (χ1v) is 7.07. The maximum absolute atomic E-state index is 11.6. The van der Waals surface area contributed by atoms with Crippen molar-refractivity contribution in [3.63, 3.8) is 0 Å². The van der Waals surface area contributed by atoms with Gasteiger partial charge in [0, 0.05) is 6.54 Å². The highest BCUT2D eigenvalue weighted by molar-refractivity contribution is 7.15. The normalized spacial score (nSPS) is 11.8. The molecule has 0 unspecified atom stereocenters. The van der Waals surface area contributed by atoms with Crippen molar-refractivity contribution in [1.82, 2.24) is 15.5 Å². The van der Waals surface area contributed by atoms with E-state index in [9.17, 15) is 9.90 Å². The second kappa shape index (κ2) is 7.00. The Morgan fingerprint density at radius 2 is 2.10 bits per heavy atom. The SMILES string of the molecule is COc1ccc([C@H](O)CNC(=O)Nc2nnc(C)s2)cc1. The van der Waals surface area contributed by atoms with Crippen LogP contribution in [0.2, 0.25) is 0 Å². The van der Waals surface area contributed by atoms with Crippen LogP contribution in [0.3, 0.4) is 0 Å². The number of nitrogens with zero attached hydrogens (tertiary/aromatic N) is 2. The van der Waals surface area contributed by atoms with Gasteiger partial charge in [-0.15, -0.1) is 10.2 Å². The lowest BCUT2D eigenvalue weighted by molar-refractivity contribution is 0.175. The fraction of sp³-hybridized carbons (Fsp3) is 0.308. The summed E-state index contributed by atoms with van der Waals surface area (Å²) in [5.74, 6) is 0.711. The molecule has 2 aromatic rings. The van der Waals surface area contributed by atoms with Gasteiger partial charge < -0.3 is 15.2 Å². The van der Waals surface area contributed by atoms with E-state index in [1.807, 2.05) is 0 Å². The molecule has 0 aliphatic heterocycles. The molecule has 0 fully saturated rings. The third-order valence-corrected chi connectivity index (χ3v) is 3.46. The maximum Gasteiger partial charge on any atom is 0.321 e. The highest BCUT2D eigenvalue weighted by Gasteiger charge is 2.11. The standard InChI is InChI=1S/C13H16N4O3S/c1-8-16-17-13(21-8)15-12(19)14-7-11(18)9-3-5-10(20-2)6-4-9/h3-6,11,18H,7H2,1-2H3,(H2,14,15,17,19)/t11-/m1/s1. The highest BCUT2D eigenvalue weighted by Crippen LogP contribution is 2.17. The molecule has 2 rings (SSSR count). The van der Waals surface area contributed by atoms with Gasteiger partial charge in [-0.25, -0.2) is 4.79 Å². The number of amides is 2. The van der Waals surface area contributed by atoms with Crippen molar-refractivity contribution in [2.24, 2.45) is 0 Å². The summed E-state index contributed by atoms with van der Waals surface area (Å²) < 4.78 is 5.04. The van der Waals surface area contributed by atoms with Crippen LogP contribution < -0.4 is 15.4 Å². The number of methoxy groups -OCH3 is 1. The van der Waals surface area contributed by atoms with E-state index in [2.05, 4.69) is 20.8 Å². The van der Waals surface area contributed by atoms with E-state index in [0.717, 1.165) is 5.01 Å². The van der Waals surface area contributed by atoms with E-state index >= 15 is 0 Å². The number of urea groups is 1. The molecular formula is C13H16N4O3S. The summed E-state index contributed by atoms with van der Waals surface area (Å²) in [6.45, 7) is 1.89. The predicted molar refractivity (Wildman–Crippen MR) is 79.6 cm³/mol. The Labute approximate surface area is 126 Å². The van der Waals surface area contributed by atoms with E-state index in [1.165, 1.54) is 11.3 Å². The lowest BCUT2D eigenvalue weighted by atomic mass is 10.1. The van der Waals surface area contributed by atoms with Crippen molar-refractivity contribution in [3.05, 3.63) is 34.8 Å². The lowest BCUT2D eigenvalue weighted by Gasteiger charge is -2.12. The lowest BCUT2D eigenvalue weighted by Crippen LogP contribution is -2.32. The van der Waals surface area contributed by atoms with E-state index in [4.69, 9.17) is 4.74 Å². The van der Waals surface area contributed by atoms with Gasteiger partial charge in [-0.1, -0.05) is 23.5 Å². The largest absolute Gasteiger partial charge is 0.497 e. The Morgan fingerprint density at radius 1 is 1.38 bits per heavy atom. The van der Waals surface area contributed by atoms with Crippen LogP contribution in [-0.4, -0.2) is 35.0 Å². The summed E-state index contributed by atoms with van der Waals surface area (Å²) in [5.41, 5.74) is 0.697. The number of carbonyl (C=O) groups is 1. The fourth-order valence-corrected chi connectivity index (χ4v) is 2.21. The average molecular weight is 308 g/mol. The number of rotatable bonds is 5. The van der Waals surface area contributed by atoms with Gasteiger partial charge in [-0.2, -0.15) is 0 Å². The first-order valence-electron chi connectivity index (χ1n) is 6.25. The van der Waals surface area contributed by atoms with Crippen LogP contribution in [0, 0.1) is 6.92 Å². The van der Waals surface area contributed by atoms with Gasteiger partial charge in [-0.3, -0.25) is 5.32 Å². The van der Waals surface area contributed by atoms with Crippen molar-refractivity contribution >= 4 is 22.5 Å². The monoisotopic (exact) mass is 308 g/mol. The molecule has 21 heavy (non-hydrogen) atoms. The van der Waals surface area contributed by atoms with Crippen LogP contribution in [0.15, 0.2) is 24.3 Å². The molecule has 2 amide bonds. The average Bonchev–Trinajstić information content (AvgIpc) is 2.90. The Hall–Kier alpha value is -2.19. The Bertz CT molecular complexity index is 600. The fourth-order valence-electron chi connectivity index (χ4n) is 1.62. The molecule has 0 aliphatic carbocycles. The third-order valence-electron chi connectivity index (χ3n) is 2.70. The zero-order valence-electron chi connectivity index (χ0n) is 11.7. The second-order valence-corrected chi connectivity index (χ2v) is 5.43. The molecular weight excluding hydrogens is 292 g/mol. The molecule has 0 bridgehead atoms. The van der Waals surface area contributed by atoms with Crippen molar-refractivity contribution in [3.8, 4) is 5.75 Å². The number of ether oxygens (including phenoxy) is 1. The van der Waals surface area contributed by atoms with Crippen LogP contribution in [0.5, 0.6) is 5.75 Å². The van der Waals surface area contributed by atoms with E-state index < -0.39 is 12.1 Å². The van der Waals surface area contributed by atoms with Crippen LogP contribution in [0.25, 0.3) is 0 Å². The predicted octanol–water partition coefficient (Wildman–Crippen LogP) is 1.71. The van der Waals surface area contributed by atoms with Gasteiger partial charge >= 0.3 is 6.03 Å². The summed E-state index contributed by atoms with van der Waals surface area (Å²) in [6.07, 6.45) is -0.794. The molecule has 3 N–H and O–H groups in total. The molecule has 1 atom stereocenters. The number of hydrogen-bond donors (Lipinski definition) is 3. The number of benzene rings is 1. The van der Waals surface area contributed by atoms with Gasteiger partial charge in [0.1, 0.15) is 10.8 Å². The first kappa shape index (κ1) is 15.2. The Morgan fingerprint density at radius 3 is 2.67 bits per heavy atom. The van der Waals surface area contributed by atoms with Gasteiger partial charge in [0.25, 0.3) is 0 Å². The van der Waals surface area contributed by atoms with Crippen molar-refractivity contribution < 1.29 is 14.6 Å². The molecule has 7 nitrogen and oxygen atoms in total. The topological polar surface area (TPSA) is 96.4 Å². The van der Waals surface area contributed by atoms with Crippen molar-refractivity contribution in [2.75, 3.05) is 19.0 Å². The number of aromatic nitrogens is 2. The summed E-state index contributed by atoms with van der Waals surface area (Å²) in [4.78, 5) is 11.6. The molecule has 1 aromatic carbocycles. The molecule has 0 aliphatic rings. The maximum atomic E-state index is 11.6. The first-order chi connectivity index (χ1) is 10.1. The van der Waals surface area contributed by atoms with Crippen LogP contribution in [-0.2, 0) is 0 Å². The Kier molecular flexibility index (Phi) is 5.07. The third kappa shape index (κ3) is 4.40. The summed E-state index contributed by atoms with van der Waals surface area (Å²) >= 11 is 1.28. The quantitative estimate of drug-likeness (QED) is 0.781. The number of aliphatic hydroxyl groups excluding tert-OH is 1. The van der Waals surface area contributed by atoms with Gasteiger partial charge in [0.2, 0.25) is 5.13 Å². The van der Waals surface area contributed by atoms with Crippen LogP contribution in [0.1, 0.15) is 16.7 Å². The zero-order chi connectivity index (χ0) is 15.2. The minimum atomic E-state index is -0.794. The molecule has 0 radical (unpaired) electrons. The molecule has 112 valence electrons. The summed E-state index contributed by atoms with van der Waals surface area (Å²) in [6, 6.07) is 6.57. The van der Waals surface area contributed by atoms with Gasteiger partial charge in [0.15, 0.2) is 0 Å². The zero-order valence-corrected chi connectivity index (χ0v) is 12.5. The number of aryl methyl sites for hydroxylation is 1. The molecule has 0 spiro atoms. The highest BCUT2D eigenvalue weighted by atomic mass is 32.1. The minimum Gasteiger partial charge on any atom is -0.497 e. The smallest absolute Gasteiger partial charge is 0.321 e. The van der Waals surface area contributed by atoms with Gasteiger partial charge in [-0.05, 0) is 24.6 Å². The summed E-state index contributed by atoms with van der Waals surface area (Å²) in [7, 11) is 1.58. The number of anilines is 1. The van der Waals surface area contributed by atoms with Crippen LogP contribution in [0.4, 0.5) is 9.93 Å². The number of aliphatic hydroxyl groups is 1. The Balaban J connectivity index is 1.82.